The second-order valence-corrected chi connectivity index (χ2v) is 4.97. The van der Waals surface area contributed by atoms with E-state index in [1.165, 1.54) is 11.8 Å². The highest BCUT2D eigenvalue weighted by Gasteiger charge is 2.07. The monoisotopic (exact) mass is 266 g/mol. The van der Waals surface area contributed by atoms with E-state index in [0.717, 1.165) is 22.0 Å². The molecule has 88 valence electrons. The quantitative estimate of drug-likeness (QED) is 0.782. The molecule has 4 nitrogen and oxygen atoms in total. The van der Waals surface area contributed by atoms with E-state index in [-0.39, 0.29) is 0 Å². The fourth-order valence-electron chi connectivity index (χ4n) is 1.24. The van der Waals surface area contributed by atoms with Crippen molar-refractivity contribution in [2.24, 2.45) is 0 Å². The lowest BCUT2D eigenvalue weighted by atomic mass is 10.2. The third kappa shape index (κ3) is 2.92. The summed E-state index contributed by atoms with van der Waals surface area (Å²) in [5, 5.41) is 9.53. The largest absolute Gasteiger partial charge is 0.227 e. The highest BCUT2D eigenvalue weighted by Crippen LogP contribution is 2.24. The van der Waals surface area contributed by atoms with E-state index in [1.807, 2.05) is 20.8 Å². The first-order valence-electron chi connectivity index (χ1n) is 5.05. The van der Waals surface area contributed by atoms with Gasteiger partial charge in [-0.3, -0.25) is 0 Å². The third-order valence-electron chi connectivity index (χ3n) is 2.42. The number of halogens is 1. The summed E-state index contributed by atoms with van der Waals surface area (Å²) >= 11 is 7.05. The van der Waals surface area contributed by atoms with Gasteiger partial charge in [-0.05, 0) is 50.2 Å². The van der Waals surface area contributed by atoms with Crippen LogP contribution < -0.4 is 0 Å². The molecule has 2 aromatic rings. The molecule has 0 amide bonds. The molecular weight excluding hydrogens is 256 g/mol. The minimum absolute atomic E-state index is 0.381. The molecule has 2 rings (SSSR count). The van der Waals surface area contributed by atoms with Gasteiger partial charge in [0.1, 0.15) is 5.03 Å². The predicted molar refractivity (Wildman–Crippen MR) is 67.4 cm³/mol. The van der Waals surface area contributed by atoms with Crippen LogP contribution in [-0.2, 0) is 0 Å². The maximum atomic E-state index is 5.67. The topological polar surface area (TPSA) is 51.6 Å². The molecule has 0 saturated carbocycles. The van der Waals surface area contributed by atoms with Crippen LogP contribution in [0.25, 0.3) is 0 Å². The zero-order chi connectivity index (χ0) is 12.4. The van der Waals surface area contributed by atoms with Gasteiger partial charge in [0.25, 0.3) is 0 Å². The first-order chi connectivity index (χ1) is 8.06. The molecule has 17 heavy (non-hydrogen) atoms. The number of hydrogen-bond acceptors (Lipinski definition) is 5. The van der Waals surface area contributed by atoms with Gasteiger partial charge < -0.3 is 0 Å². The Bertz CT molecular complexity index is 519. The summed E-state index contributed by atoms with van der Waals surface area (Å²) in [7, 11) is 0. The zero-order valence-electron chi connectivity index (χ0n) is 9.73. The predicted octanol–water partition coefficient (Wildman–Crippen LogP) is 3.00. The van der Waals surface area contributed by atoms with Crippen molar-refractivity contribution in [3.63, 3.8) is 0 Å². The number of aryl methyl sites for hydroxylation is 2. The van der Waals surface area contributed by atoms with Gasteiger partial charge in [-0.2, -0.15) is 0 Å². The van der Waals surface area contributed by atoms with Gasteiger partial charge in [0.05, 0.1) is 0 Å². The van der Waals surface area contributed by atoms with E-state index in [1.54, 1.807) is 12.1 Å². The van der Waals surface area contributed by atoms with Crippen LogP contribution in [0, 0.1) is 20.8 Å². The molecule has 0 aliphatic carbocycles. The average molecular weight is 267 g/mol. The molecule has 0 saturated heterocycles. The van der Waals surface area contributed by atoms with Crippen LogP contribution in [0.15, 0.2) is 22.3 Å². The van der Waals surface area contributed by atoms with Crippen molar-refractivity contribution in [3.05, 3.63) is 34.2 Å². The number of nitrogens with zero attached hydrogens (tertiary/aromatic N) is 4. The maximum Gasteiger partial charge on any atom is 0.194 e. The first-order valence-corrected chi connectivity index (χ1v) is 6.24. The van der Waals surface area contributed by atoms with Crippen LogP contribution in [0.3, 0.4) is 0 Å². The molecule has 2 aromatic heterocycles. The Morgan fingerprint density at radius 3 is 2.18 bits per heavy atom. The summed E-state index contributed by atoms with van der Waals surface area (Å²) in [5.41, 5.74) is 3.10. The lowest BCUT2D eigenvalue weighted by Crippen LogP contribution is -1.98. The third-order valence-corrected chi connectivity index (χ3v) is 3.41. The van der Waals surface area contributed by atoms with Gasteiger partial charge >= 0.3 is 0 Å². The van der Waals surface area contributed by atoms with Crippen molar-refractivity contribution in [1.29, 1.82) is 0 Å². The van der Waals surface area contributed by atoms with Crippen LogP contribution >= 0.6 is 23.4 Å². The van der Waals surface area contributed by atoms with Gasteiger partial charge in [0.2, 0.25) is 0 Å². The van der Waals surface area contributed by atoms with Crippen molar-refractivity contribution in [2.45, 2.75) is 31.0 Å². The zero-order valence-corrected chi connectivity index (χ0v) is 11.3. The van der Waals surface area contributed by atoms with Crippen LogP contribution in [0.5, 0.6) is 0 Å². The molecule has 0 spiro atoms. The summed E-state index contributed by atoms with van der Waals surface area (Å²) in [5.74, 6) is 0. The van der Waals surface area contributed by atoms with E-state index in [9.17, 15) is 0 Å². The minimum atomic E-state index is 0.381. The van der Waals surface area contributed by atoms with Crippen molar-refractivity contribution < 1.29 is 0 Å². The molecule has 0 radical (unpaired) electrons. The second-order valence-electron chi connectivity index (χ2n) is 3.60. The van der Waals surface area contributed by atoms with Gasteiger partial charge in [0, 0.05) is 11.4 Å². The van der Waals surface area contributed by atoms with Crippen molar-refractivity contribution >= 4 is 23.4 Å². The molecule has 0 fully saturated rings. The number of rotatable bonds is 2. The second kappa shape index (κ2) is 4.98. The Balaban J connectivity index is 2.27. The Morgan fingerprint density at radius 2 is 1.65 bits per heavy atom. The fourth-order valence-corrected chi connectivity index (χ4v) is 2.11. The van der Waals surface area contributed by atoms with Crippen LogP contribution in [0.2, 0.25) is 5.15 Å². The summed E-state index contributed by atoms with van der Waals surface area (Å²) in [6.45, 7) is 5.96. The number of aromatic nitrogens is 4. The average Bonchev–Trinajstić information content (AvgIpc) is 2.29. The molecule has 6 heteroatoms. The molecule has 0 aromatic carbocycles. The van der Waals surface area contributed by atoms with Crippen LogP contribution in [0.1, 0.15) is 17.0 Å². The molecule has 0 aliphatic heterocycles. The Morgan fingerprint density at radius 1 is 1.00 bits per heavy atom. The fraction of sp³-hybridized carbons (Fsp3) is 0.273. The molecule has 0 aliphatic rings. The summed E-state index contributed by atoms with van der Waals surface area (Å²) in [6, 6.07) is 3.50. The van der Waals surface area contributed by atoms with E-state index < -0.39 is 0 Å². The van der Waals surface area contributed by atoms with Gasteiger partial charge in [-0.25, -0.2) is 9.97 Å². The summed E-state index contributed by atoms with van der Waals surface area (Å²) in [4.78, 5) is 8.80. The van der Waals surface area contributed by atoms with E-state index >= 15 is 0 Å². The number of hydrogen-bond donors (Lipinski definition) is 0. The van der Waals surface area contributed by atoms with E-state index in [0.29, 0.717) is 10.3 Å². The summed E-state index contributed by atoms with van der Waals surface area (Å²) in [6.07, 6.45) is 0. The lowest BCUT2D eigenvalue weighted by molar-refractivity contribution is 0.869. The van der Waals surface area contributed by atoms with E-state index in [2.05, 4.69) is 20.2 Å². The Kier molecular flexibility index (Phi) is 3.59. The van der Waals surface area contributed by atoms with Gasteiger partial charge in [-0.1, -0.05) is 11.6 Å². The molecule has 2 heterocycles. The van der Waals surface area contributed by atoms with Crippen LogP contribution in [-0.4, -0.2) is 20.2 Å². The van der Waals surface area contributed by atoms with Crippen molar-refractivity contribution in [3.8, 4) is 0 Å². The first kappa shape index (κ1) is 12.3. The molecule has 0 atom stereocenters. The van der Waals surface area contributed by atoms with Gasteiger partial charge in [-0.15, -0.1) is 10.2 Å². The highest BCUT2D eigenvalue weighted by atomic mass is 35.5. The molecule has 0 N–H and O–H groups in total. The van der Waals surface area contributed by atoms with Crippen LogP contribution in [0.4, 0.5) is 0 Å². The Labute approximate surface area is 109 Å². The molecule has 0 unspecified atom stereocenters. The smallest absolute Gasteiger partial charge is 0.194 e. The molecular formula is C11H11ClN4S. The summed E-state index contributed by atoms with van der Waals surface area (Å²) < 4.78 is 0. The van der Waals surface area contributed by atoms with E-state index in [4.69, 9.17) is 11.6 Å². The standard InChI is InChI=1S/C11H11ClN4S/c1-6-7(2)13-11(14-8(6)3)17-10-5-4-9(12)15-16-10/h4-5H,1-3H3. The highest BCUT2D eigenvalue weighted by molar-refractivity contribution is 7.99. The lowest BCUT2D eigenvalue weighted by Gasteiger charge is -2.05. The Hall–Kier alpha value is -1.20. The SMILES string of the molecule is Cc1nc(Sc2ccc(Cl)nn2)nc(C)c1C. The maximum absolute atomic E-state index is 5.67. The van der Waals surface area contributed by atoms with Crippen molar-refractivity contribution in [2.75, 3.05) is 0 Å². The minimum Gasteiger partial charge on any atom is -0.227 e. The molecule has 0 bridgehead atoms. The van der Waals surface area contributed by atoms with Gasteiger partial charge in [0.15, 0.2) is 10.3 Å². The normalized spacial score (nSPS) is 10.6. The van der Waals surface area contributed by atoms with Crippen molar-refractivity contribution in [1.82, 2.24) is 20.2 Å².